The highest BCUT2D eigenvalue weighted by Gasteiger charge is 2.39. The molecule has 1 aromatic heterocycles. The van der Waals surface area contributed by atoms with E-state index in [1.165, 1.54) is 35.0 Å². The van der Waals surface area contributed by atoms with Crippen molar-refractivity contribution in [1.29, 1.82) is 0 Å². The number of aryl methyl sites for hydroxylation is 1. The second-order valence-electron chi connectivity index (χ2n) is 8.22. The van der Waals surface area contributed by atoms with Crippen molar-refractivity contribution in [3.63, 3.8) is 0 Å². The maximum absolute atomic E-state index is 2.70. The molecule has 0 saturated carbocycles. The van der Waals surface area contributed by atoms with Gasteiger partial charge in [0.05, 0.1) is 6.04 Å². The van der Waals surface area contributed by atoms with Crippen LogP contribution in [-0.4, -0.2) is 23.1 Å². The summed E-state index contributed by atoms with van der Waals surface area (Å²) in [5.74, 6) is 1.31. The molecule has 3 aromatic rings. The van der Waals surface area contributed by atoms with E-state index in [4.69, 9.17) is 0 Å². The first-order chi connectivity index (χ1) is 12.1. The van der Waals surface area contributed by atoms with E-state index in [-0.39, 0.29) is 0 Å². The van der Waals surface area contributed by atoms with Gasteiger partial charge in [0.25, 0.3) is 0 Å². The van der Waals surface area contributed by atoms with E-state index >= 15 is 0 Å². The first-order valence-corrected chi connectivity index (χ1v) is 9.50. The van der Waals surface area contributed by atoms with Gasteiger partial charge in [-0.2, -0.15) is 0 Å². The van der Waals surface area contributed by atoms with Gasteiger partial charge in [-0.15, -0.1) is 0 Å². The minimum absolute atomic E-state index is 0.454. The minimum atomic E-state index is 0.454. The Kier molecular flexibility index (Phi) is 3.33. The molecule has 0 radical (unpaired) electrons. The highest BCUT2D eigenvalue weighted by molar-refractivity contribution is 5.87. The lowest BCUT2D eigenvalue weighted by molar-refractivity contribution is 0.215. The van der Waals surface area contributed by atoms with Crippen LogP contribution >= 0.6 is 0 Å². The van der Waals surface area contributed by atoms with Crippen LogP contribution in [0.4, 0.5) is 0 Å². The number of fused-ring (bicyclic) bond motifs is 3. The Morgan fingerprint density at radius 1 is 1.04 bits per heavy atom. The molecule has 25 heavy (non-hydrogen) atoms. The fourth-order valence-corrected chi connectivity index (χ4v) is 5.37. The van der Waals surface area contributed by atoms with E-state index in [0.717, 1.165) is 6.54 Å². The van der Waals surface area contributed by atoms with Crippen molar-refractivity contribution in [2.75, 3.05) is 13.6 Å². The minimum Gasteiger partial charge on any atom is -0.336 e. The average molecular weight is 330 g/mol. The molecule has 2 aliphatic heterocycles. The molecule has 0 spiro atoms. The maximum atomic E-state index is 2.70. The standard InChI is InChI=1S/C23H26N2/c1-15-9-10-21-19(11-15)20-14-24(3)13-18-12-16(2)22(25(21)23(18)20)17-7-5-4-6-8-17/h4-11,16,18,22H,12-14H2,1-3H3. The molecule has 0 fully saturated rings. The third-order valence-corrected chi connectivity index (χ3v) is 6.27. The lowest BCUT2D eigenvalue weighted by atomic mass is 9.79. The van der Waals surface area contributed by atoms with Crippen molar-refractivity contribution in [2.45, 2.75) is 38.8 Å². The van der Waals surface area contributed by atoms with Crippen molar-refractivity contribution >= 4 is 10.9 Å². The normalized spacial score (nSPS) is 26.0. The van der Waals surface area contributed by atoms with Gasteiger partial charge in [-0.25, -0.2) is 0 Å². The largest absolute Gasteiger partial charge is 0.336 e. The van der Waals surface area contributed by atoms with Crippen LogP contribution in [0.2, 0.25) is 0 Å². The summed E-state index contributed by atoms with van der Waals surface area (Å²) in [6.07, 6.45) is 1.28. The summed E-state index contributed by atoms with van der Waals surface area (Å²) in [5.41, 5.74) is 7.43. The van der Waals surface area contributed by atoms with Crippen molar-refractivity contribution in [3.05, 3.63) is 70.9 Å². The molecule has 3 heterocycles. The first kappa shape index (κ1) is 15.2. The van der Waals surface area contributed by atoms with Gasteiger partial charge in [0.1, 0.15) is 0 Å². The fourth-order valence-electron chi connectivity index (χ4n) is 5.37. The first-order valence-electron chi connectivity index (χ1n) is 9.50. The Balaban J connectivity index is 1.84. The number of hydrogen-bond acceptors (Lipinski definition) is 1. The molecule has 0 saturated heterocycles. The summed E-state index contributed by atoms with van der Waals surface area (Å²) in [6, 6.07) is 18.6. The van der Waals surface area contributed by atoms with E-state index in [0.29, 0.717) is 17.9 Å². The number of rotatable bonds is 1. The van der Waals surface area contributed by atoms with Crippen LogP contribution in [0.5, 0.6) is 0 Å². The summed E-state index contributed by atoms with van der Waals surface area (Å²) < 4.78 is 2.70. The molecule has 0 amide bonds. The number of benzene rings is 2. The van der Waals surface area contributed by atoms with Crippen molar-refractivity contribution in [3.8, 4) is 0 Å². The van der Waals surface area contributed by atoms with Gasteiger partial charge in [-0.3, -0.25) is 0 Å². The zero-order chi connectivity index (χ0) is 17.1. The molecule has 3 atom stereocenters. The molecule has 3 unspecified atom stereocenters. The number of aromatic nitrogens is 1. The van der Waals surface area contributed by atoms with Crippen LogP contribution in [0.25, 0.3) is 10.9 Å². The molecule has 2 nitrogen and oxygen atoms in total. The molecular formula is C23H26N2. The summed E-state index contributed by atoms with van der Waals surface area (Å²) in [5, 5.41) is 1.47. The van der Waals surface area contributed by atoms with E-state index < -0.39 is 0 Å². The zero-order valence-corrected chi connectivity index (χ0v) is 15.4. The Morgan fingerprint density at radius 3 is 2.64 bits per heavy atom. The third kappa shape index (κ3) is 2.20. The molecule has 2 aromatic carbocycles. The highest BCUT2D eigenvalue weighted by atomic mass is 15.1. The zero-order valence-electron chi connectivity index (χ0n) is 15.4. The Bertz CT molecular complexity index is 938. The van der Waals surface area contributed by atoms with Crippen LogP contribution in [-0.2, 0) is 6.54 Å². The van der Waals surface area contributed by atoms with Crippen molar-refractivity contribution in [1.82, 2.24) is 9.47 Å². The predicted octanol–water partition coefficient (Wildman–Crippen LogP) is 5.11. The Morgan fingerprint density at radius 2 is 1.84 bits per heavy atom. The van der Waals surface area contributed by atoms with Crippen LogP contribution in [0, 0.1) is 12.8 Å². The number of likely N-dealkylation sites (N-methyl/N-ethyl adjacent to an activating group) is 1. The molecule has 5 rings (SSSR count). The predicted molar refractivity (Wildman–Crippen MR) is 104 cm³/mol. The molecule has 0 bridgehead atoms. The summed E-state index contributed by atoms with van der Waals surface area (Å²) in [6.45, 7) is 6.92. The molecular weight excluding hydrogens is 304 g/mol. The van der Waals surface area contributed by atoms with E-state index in [2.05, 4.69) is 78.9 Å². The fraction of sp³-hybridized carbons (Fsp3) is 0.391. The summed E-state index contributed by atoms with van der Waals surface area (Å²) in [4.78, 5) is 2.51. The van der Waals surface area contributed by atoms with Crippen LogP contribution < -0.4 is 0 Å². The van der Waals surface area contributed by atoms with E-state index in [1.54, 1.807) is 11.3 Å². The van der Waals surface area contributed by atoms with E-state index in [1.807, 2.05) is 0 Å². The second kappa shape index (κ2) is 5.47. The number of hydrogen-bond donors (Lipinski definition) is 0. The Hall–Kier alpha value is -2.06. The van der Waals surface area contributed by atoms with E-state index in [9.17, 15) is 0 Å². The van der Waals surface area contributed by atoms with Gasteiger partial charge in [-0.1, -0.05) is 48.9 Å². The topological polar surface area (TPSA) is 8.17 Å². The highest BCUT2D eigenvalue weighted by Crippen LogP contribution is 2.48. The van der Waals surface area contributed by atoms with Gasteiger partial charge in [0.2, 0.25) is 0 Å². The average Bonchev–Trinajstić information content (AvgIpc) is 2.90. The molecule has 2 heteroatoms. The van der Waals surface area contributed by atoms with Gasteiger partial charge in [-0.05, 0) is 49.6 Å². The molecule has 128 valence electrons. The van der Waals surface area contributed by atoms with Crippen molar-refractivity contribution in [2.24, 2.45) is 5.92 Å². The lowest BCUT2D eigenvalue weighted by Gasteiger charge is -2.42. The van der Waals surface area contributed by atoms with Gasteiger partial charge >= 0.3 is 0 Å². The molecule has 0 N–H and O–H groups in total. The Labute approximate surface area is 150 Å². The SMILES string of the molecule is Cc1ccc2c(c1)c1c3n2C(c2ccccc2)C(C)CC3CN(C)C1. The second-order valence-corrected chi connectivity index (χ2v) is 8.22. The molecule has 2 aliphatic rings. The summed E-state index contributed by atoms with van der Waals surface area (Å²) >= 11 is 0. The van der Waals surface area contributed by atoms with Gasteiger partial charge in [0, 0.05) is 35.6 Å². The van der Waals surface area contributed by atoms with Gasteiger partial charge < -0.3 is 9.47 Å². The monoisotopic (exact) mass is 330 g/mol. The van der Waals surface area contributed by atoms with Crippen LogP contribution in [0.15, 0.2) is 48.5 Å². The lowest BCUT2D eigenvalue weighted by Crippen LogP contribution is -2.37. The van der Waals surface area contributed by atoms with Gasteiger partial charge in [0.15, 0.2) is 0 Å². The van der Waals surface area contributed by atoms with Crippen LogP contribution in [0.1, 0.15) is 47.7 Å². The smallest absolute Gasteiger partial charge is 0.0614 e. The third-order valence-electron chi connectivity index (χ3n) is 6.27. The maximum Gasteiger partial charge on any atom is 0.0614 e. The quantitative estimate of drug-likeness (QED) is 0.602. The van der Waals surface area contributed by atoms with Crippen LogP contribution in [0.3, 0.4) is 0 Å². The summed E-state index contributed by atoms with van der Waals surface area (Å²) in [7, 11) is 2.27. The molecule has 0 aliphatic carbocycles. The van der Waals surface area contributed by atoms with Crippen molar-refractivity contribution < 1.29 is 0 Å². The number of nitrogens with zero attached hydrogens (tertiary/aromatic N) is 2.